The Balaban J connectivity index is 1.96. The SMILES string of the molecule is OCC[C@@H]1C[C@@H]2C=C[C@H]1C2. The number of aliphatic hydroxyl groups is 1. The number of rotatable bonds is 2. The Morgan fingerprint density at radius 2 is 2.20 bits per heavy atom. The van der Waals surface area contributed by atoms with Gasteiger partial charge in [0, 0.05) is 6.61 Å². The van der Waals surface area contributed by atoms with Crippen LogP contribution in [0.15, 0.2) is 12.2 Å². The molecule has 0 aliphatic heterocycles. The third-order valence-corrected chi connectivity index (χ3v) is 2.92. The molecular weight excluding hydrogens is 124 g/mol. The molecule has 0 aromatic rings. The Labute approximate surface area is 61.8 Å². The Morgan fingerprint density at radius 3 is 2.70 bits per heavy atom. The van der Waals surface area contributed by atoms with Crippen molar-refractivity contribution in [1.29, 1.82) is 0 Å². The average Bonchev–Trinajstić information content (AvgIpc) is 2.48. The third-order valence-electron chi connectivity index (χ3n) is 2.92. The maximum absolute atomic E-state index is 8.73. The highest BCUT2D eigenvalue weighted by molar-refractivity contribution is 5.09. The first-order valence-electron chi connectivity index (χ1n) is 4.19. The molecule has 0 spiro atoms. The number of hydrogen-bond donors (Lipinski definition) is 1. The summed E-state index contributed by atoms with van der Waals surface area (Å²) in [6.07, 6.45) is 8.41. The molecule has 1 fully saturated rings. The molecule has 1 nitrogen and oxygen atoms in total. The van der Waals surface area contributed by atoms with E-state index < -0.39 is 0 Å². The van der Waals surface area contributed by atoms with Gasteiger partial charge in [0.15, 0.2) is 0 Å². The van der Waals surface area contributed by atoms with Crippen LogP contribution in [0, 0.1) is 17.8 Å². The van der Waals surface area contributed by atoms with Crippen LogP contribution in [0.3, 0.4) is 0 Å². The summed E-state index contributed by atoms with van der Waals surface area (Å²) in [5.74, 6) is 2.48. The maximum atomic E-state index is 8.73. The van der Waals surface area contributed by atoms with E-state index in [4.69, 9.17) is 5.11 Å². The summed E-state index contributed by atoms with van der Waals surface area (Å²) in [6.45, 7) is 0.377. The molecule has 1 saturated carbocycles. The lowest BCUT2D eigenvalue weighted by Gasteiger charge is -2.15. The first kappa shape index (κ1) is 6.41. The lowest BCUT2D eigenvalue weighted by atomic mass is 9.91. The molecule has 0 aromatic carbocycles. The van der Waals surface area contributed by atoms with Crippen molar-refractivity contribution in [3.05, 3.63) is 12.2 Å². The fourth-order valence-electron chi connectivity index (χ4n) is 2.39. The van der Waals surface area contributed by atoms with Gasteiger partial charge in [-0.15, -0.1) is 0 Å². The highest BCUT2D eigenvalue weighted by Crippen LogP contribution is 2.44. The molecule has 0 heterocycles. The third kappa shape index (κ3) is 0.891. The molecule has 2 rings (SSSR count). The molecule has 10 heavy (non-hydrogen) atoms. The van der Waals surface area contributed by atoms with E-state index in [9.17, 15) is 0 Å². The van der Waals surface area contributed by atoms with Crippen molar-refractivity contribution >= 4 is 0 Å². The normalized spacial score (nSPS) is 43.1. The Kier molecular flexibility index (Phi) is 1.53. The van der Waals surface area contributed by atoms with E-state index in [1.165, 1.54) is 12.8 Å². The van der Waals surface area contributed by atoms with Gasteiger partial charge >= 0.3 is 0 Å². The van der Waals surface area contributed by atoms with Crippen LogP contribution in [-0.4, -0.2) is 11.7 Å². The molecule has 1 N–H and O–H groups in total. The minimum absolute atomic E-state index is 0.377. The topological polar surface area (TPSA) is 20.2 Å². The molecular formula is C9H14O. The lowest BCUT2D eigenvalue weighted by molar-refractivity contribution is 0.244. The number of allylic oxidation sites excluding steroid dienone is 2. The predicted octanol–water partition coefficient (Wildman–Crippen LogP) is 1.58. The average molecular weight is 138 g/mol. The van der Waals surface area contributed by atoms with Gasteiger partial charge in [0.25, 0.3) is 0 Å². The molecule has 2 aliphatic carbocycles. The van der Waals surface area contributed by atoms with Crippen molar-refractivity contribution in [2.24, 2.45) is 17.8 Å². The van der Waals surface area contributed by atoms with Gasteiger partial charge < -0.3 is 5.11 Å². The zero-order valence-electron chi connectivity index (χ0n) is 6.16. The van der Waals surface area contributed by atoms with E-state index >= 15 is 0 Å². The number of aliphatic hydroxyl groups excluding tert-OH is 1. The first-order valence-corrected chi connectivity index (χ1v) is 4.19. The van der Waals surface area contributed by atoms with Crippen molar-refractivity contribution in [2.75, 3.05) is 6.61 Å². The van der Waals surface area contributed by atoms with Gasteiger partial charge in [0.2, 0.25) is 0 Å². The predicted molar refractivity (Wildman–Crippen MR) is 40.5 cm³/mol. The van der Waals surface area contributed by atoms with Crippen LogP contribution >= 0.6 is 0 Å². The first-order chi connectivity index (χ1) is 4.90. The Bertz CT molecular complexity index is 151. The van der Waals surface area contributed by atoms with Crippen LogP contribution < -0.4 is 0 Å². The van der Waals surface area contributed by atoms with Crippen LogP contribution in [0.25, 0.3) is 0 Å². The van der Waals surface area contributed by atoms with E-state index in [0.717, 1.165) is 24.2 Å². The van der Waals surface area contributed by atoms with Gasteiger partial charge in [-0.05, 0) is 37.0 Å². The minimum atomic E-state index is 0.377. The molecule has 56 valence electrons. The smallest absolute Gasteiger partial charge is 0.0433 e. The fourth-order valence-corrected chi connectivity index (χ4v) is 2.39. The quantitative estimate of drug-likeness (QED) is 0.574. The molecule has 0 radical (unpaired) electrons. The zero-order valence-corrected chi connectivity index (χ0v) is 6.16. The van der Waals surface area contributed by atoms with Crippen LogP contribution in [-0.2, 0) is 0 Å². The van der Waals surface area contributed by atoms with E-state index in [-0.39, 0.29) is 0 Å². The molecule has 1 heteroatoms. The van der Waals surface area contributed by atoms with Crippen LogP contribution in [0.1, 0.15) is 19.3 Å². The van der Waals surface area contributed by atoms with E-state index in [1.807, 2.05) is 0 Å². The van der Waals surface area contributed by atoms with E-state index in [0.29, 0.717) is 6.61 Å². The molecule has 0 aromatic heterocycles. The maximum Gasteiger partial charge on any atom is 0.0433 e. The van der Waals surface area contributed by atoms with Gasteiger partial charge in [0.05, 0.1) is 0 Å². The lowest BCUT2D eigenvalue weighted by Crippen LogP contribution is -2.08. The summed E-state index contributed by atoms with van der Waals surface area (Å²) >= 11 is 0. The summed E-state index contributed by atoms with van der Waals surface area (Å²) in [6, 6.07) is 0. The largest absolute Gasteiger partial charge is 0.396 e. The molecule has 2 bridgehead atoms. The standard InChI is InChI=1S/C9H14O/c10-4-3-9-6-7-1-2-8(9)5-7/h1-2,7-10H,3-6H2/t7-,8+,9-/m1/s1. The monoisotopic (exact) mass is 138 g/mol. The van der Waals surface area contributed by atoms with Crippen molar-refractivity contribution < 1.29 is 5.11 Å². The number of fused-ring (bicyclic) bond motifs is 2. The highest BCUT2D eigenvalue weighted by atomic mass is 16.3. The molecule has 2 aliphatic rings. The molecule has 0 amide bonds. The van der Waals surface area contributed by atoms with E-state index in [2.05, 4.69) is 12.2 Å². The van der Waals surface area contributed by atoms with E-state index in [1.54, 1.807) is 0 Å². The molecule has 3 atom stereocenters. The molecule has 0 saturated heterocycles. The van der Waals surface area contributed by atoms with Crippen molar-refractivity contribution in [2.45, 2.75) is 19.3 Å². The van der Waals surface area contributed by atoms with Crippen LogP contribution in [0.5, 0.6) is 0 Å². The summed E-state index contributed by atoms with van der Waals surface area (Å²) in [4.78, 5) is 0. The Hall–Kier alpha value is -0.300. The second kappa shape index (κ2) is 2.39. The van der Waals surface area contributed by atoms with Gasteiger partial charge in [-0.25, -0.2) is 0 Å². The second-order valence-corrected chi connectivity index (χ2v) is 3.55. The summed E-state index contributed by atoms with van der Waals surface area (Å²) in [5.41, 5.74) is 0. The summed E-state index contributed by atoms with van der Waals surface area (Å²) in [5, 5.41) is 8.73. The van der Waals surface area contributed by atoms with Gasteiger partial charge in [-0.3, -0.25) is 0 Å². The molecule has 0 unspecified atom stereocenters. The van der Waals surface area contributed by atoms with Crippen molar-refractivity contribution in [1.82, 2.24) is 0 Å². The van der Waals surface area contributed by atoms with Crippen molar-refractivity contribution in [3.8, 4) is 0 Å². The van der Waals surface area contributed by atoms with Crippen LogP contribution in [0.2, 0.25) is 0 Å². The fraction of sp³-hybridized carbons (Fsp3) is 0.778. The van der Waals surface area contributed by atoms with Crippen LogP contribution in [0.4, 0.5) is 0 Å². The van der Waals surface area contributed by atoms with Gasteiger partial charge in [-0.2, -0.15) is 0 Å². The van der Waals surface area contributed by atoms with Gasteiger partial charge in [0.1, 0.15) is 0 Å². The zero-order chi connectivity index (χ0) is 6.97. The number of hydrogen-bond acceptors (Lipinski definition) is 1. The van der Waals surface area contributed by atoms with Crippen molar-refractivity contribution in [3.63, 3.8) is 0 Å². The second-order valence-electron chi connectivity index (χ2n) is 3.55. The summed E-state index contributed by atoms with van der Waals surface area (Å²) < 4.78 is 0. The van der Waals surface area contributed by atoms with Gasteiger partial charge in [-0.1, -0.05) is 12.2 Å². The Morgan fingerprint density at radius 1 is 1.30 bits per heavy atom. The summed E-state index contributed by atoms with van der Waals surface area (Å²) in [7, 11) is 0. The highest BCUT2D eigenvalue weighted by Gasteiger charge is 2.34. The minimum Gasteiger partial charge on any atom is -0.396 e.